The number of aromatic nitrogens is 2. The molecule has 1 heterocycles. The molecule has 1 unspecified atom stereocenters. The number of thiol groups is 1. The molecule has 0 spiro atoms. The molecule has 1 atom stereocenters. The lowest BCUT2D eigenvalue weighted by Gasteiger charge is -2.13. The monoisotopic (exact) mass is 432 g/mol. The van der Waals surface area contributed by atoms with Gasteiger partial charge in [0.2, 0.25) is 0 Å². The van der Waals surface area contributed by atoms with E-state index in [9.17, 15) is 13.2 Å². The molecule has 0 bridgehead atoms. The Morgan fingerprint density at radius 3 is 2.38 bits per heavy atom. The van der Waals surface area contributed by atoms with Crippen LogP contribution in [0.25, 0.3) is 22.5 Å². The highest BCUT2D eigenvalue weighted by atomic mass is 35.5. The van der Waals surface area contributed by atoms with Crippen molar-refractivity contribution in [2.75, 3.05) is 0 Å². The van der Waals surface area contributed by atoms with Crippen molar-refractivity contribution in [3.05, 3.63) is 89.1 Å². The summed E-state index contributed by atoms with van der Waals surface area (Å²) < 4.78 is 41.2. The van der Waals surface area contributed by atoms with Gasteiger partial charge in [0.05, 0.1) is 16.4 Å². The van der Waals surface area contributed by atoms with Crippen LogP contribution >= 0.6 is 24.2 Å². The largest absolute Gasteiger partial charge is 0.435 e. The number of halogens is 4. The number of alkyl halides is 3. The predicted molar refractivity (Wildman–Crippen MR) is 114 cm³/mol. The Labute approximate surface area is 176 Å². The quantitative estimate of drug-likeness (QED) is 0.448. The van der Waals surface area contributed by atoms with Crippen molar-refractivity contribution < 1.29 is 13.2 Å². The third kappa shape index (κ3) is 4.14. The summed E-state index contributed by atoms with van der Waals surface area (Å²) in [5, 5.41) is 4.26. The Morgan fingerprint density at radius 1 is 1.03 bits per heavy atom. The second-order valence-corrected chi connectivity index (χ2v) is 7.75. The van der Waals surface area contributed by atoms with E-state index in [1.165, 1.54) is 4.68 Å². The van der Waals surface area contributed by atoms with Gasteiger partial charge in [0.1, 0.15) is 0 Å². The van der Waals surface area contributed by atoms with E-state index in [4.69, 9.17) is 11.6 Å². The van der Waals surface area contributed by atoms with Crippen LogP contribution in [0.1, 0.15) is 17.7 Å². The van der Waals surface area contributed by atoms with Gasteiger partial charge in [-0.3, -0.25) is 0 Å². The van der Waals surface area contributed by atoms with Gasteiger partial charge in [0, 0.05) is 10.8 Å². The van der Waals surface area contributed by atoms with Gasteiger partial charge < -0.3 is 0 Å². The Balaban J connectivity index is 1.79. The fraction of sp³-hybridized carbons (Fsp3) is 0.136. The van der Waals surface area contributed by atoms with Crippen molar-refractivity contribution in [2.24, 2.45) is 0 Å². The first-order valence-electron chi connectivity index (χ1n) is 8.92. The highest BCUT2D eigenvalue weighted by Gasteiger charge is 2.35. The van der Waals surface area contributed by atoms with Crippen molar-refractivity contribution in [3.63, 3.8) is 0 Å². The molecule has 0 saturated heterocycles. The van der Waals surface area contributed by atoms with Crippen LogP contribution in [0.2, 0.25) is 5.02 Å². The summed E-state index contributed by atoms with van der Waals surface area (Å²) in [7, 11) is 0. The summed E-state index contributed by atoms with van der Waals surface area (Å²) in [6.45, 7) is 0. The van der Waals surface area contributed by atoms with Gasteiger partial charge in [-0.15, -0.1) is 0 Å². The van der Waals surface area contributed by atoms with Crippen LogP contribution in [-0.4, -0.2) is 15.0 Å². The van der Waals surface area contributed by atoms with Gasteiger partial charge >= 0.3 is 6.18 Å². The van der Waals surface area contributed by atoms with Crippen LogP contribution in [0.3, 0.4) is 0 Å². The third-order valence-electron chi connectivity index (χ3n) is 4.64. The molecule has 0 aliphatic heterocycles. The maximum Gasteiger partial charge on any atom is 0.435 e. The minimum atomic E-state index is -4.56. The van der Waals surface area contributed by atoms with E-state index in [1.807, 2.05) is 18.2 Å². The summed E-state index contributed by atoms with van der Waals surface area (Å²) in [6.07, 6.45) is 2.47. The molecule has 1 aliphatic rings. The van der Waals surface area contributed by atoms with Gasteiger partial charge in [-0.05, 0) is 35.8 Å². The smallest absolute Gasteiger partial charge is 0.231 e. The first-order chi connectivity index (χ1) is 13.8. The summed E-state index contributed by atoms with van der Waals surface area (Å²) in [5.41, 5.74) is 2.37. The number of rotatable bonds is 3. The topological polar surface area (TPSA) is 17.8 Å². The molecule has 0 N–H and O–H groups in total. The van der Waals surface area contributed by atoms with Crippen LogP contribution in [0.15, 0.2) is 72.8 Å². The zero-order chi connectivity index (χ0) is 20.6. The SMILES string of the molecule is FC(F)(F)c1cc(-c2ccc(C3=CC(S)CC=C3)cc2)n(-c2ccccc2Cl)n1. The van der Waals surface area contributed by atoms with E-state index in [0.29, 0.717) is 22.0 Å². The van der Waals surface area contributed by atoms with Crippen LogP contribution in [0.4, 0.5) is 13.2 Å². The Morgan fingerprint density at radius 2 is 1.72 bits per heavy atom. The molecule has 0 saturated carbocycles. The molecule has 1 aliphatic carbocycles. The standard InChI is InChI=1S/C22H16ClF3N2S/c23-18-6-1-2-7-19(18)28-20(13-21(27-28)22(24,25)26)15-10-8-14(9-11-15)16-4-3-5-17(29)12-16/h1-4,6-13,17,29H,5H2. The summed E-state index contributed by atoms with van der Waals surface area (Å²) in [6, 6.07) is 15.1. The minimum absolute atomic E-state index is 0.158. The van der Waals surface area contributed by atoms with Crippen LogP contribution in [0, 0.1) is 0 Å². The molecule has 148 valence electrons. The number of nitrogens with zero attached hydrogens (tertiary/aromatic N) is 2. The van der Waals surface area contributed by atoms with E-state index in [2.05, 4.69) is 29.9 Å². The normalized spacial score (nSPS) is 16.7. The molecule has 29 heavy (non-hydrogen) atoms. The van der Waals surface area contributed by atoms with Crippen LogP contribution < -0.4 is 0 Å². The molecule has 7 heteroatoms. The second-order valence-electron chi connectivity index (χ2n) is 6.68. The van der Waals surface area contributed by atoms with E-state index in [0.717, 1.165) is 23.6 Å². The number of allylic oxidation sites excluding steroid dienone is 3. The van der Waals surface area contributed by atoms with E-state index < -0.39 is 11.9 Å². The number of hydrogen-bond acceptors (Lipinski definition) is 2. The van der Waals surface area contributed by atoms with E-state index >= 15 is 0 Å². The third-order valence-corrected chi connectivity index (χ3v) is 5.32. The molecule has 2 nitrogen and oxygen atoms in total. The number of para-hydroxylation sites is 1. The van der Waals surface area contributed by atoms with Crippen molar-refractivity contribution in [1.29, 1.82) is 0 Å². The Hall–Kier alpha value is -2.44. The molecule has 0 amide bonds. The average molecular weight is 433 g/mol. The molecule has 0 fully saturated rings. The van der Waals surface area contributed by atoms with Crippen molar-refractivity contribution in [1.82, 2.24) is 9.78 Å². The molecule has 4 rings (SSSR count). The predicted octanol–water partition coefficient (Wildman–Crippen LogP) is 6.85. The van der Waals surface area contributed by atoms with Crippen LogP contribution in [0.5, 0.6) is 0 Å². The number of benzene rings is 2. The van der Waals surface area contributed by atoms with Crippen molar-refractivity contribution in [3.8, 4) is 16.9 Å². The highest BCUT2D eigenvalue weighted by Crippen LogP contribution is 2.35. The molecule has 0 radical (unpaired) electrons. The lowest BCUT2D eigenvalue weighted by molar-refractivity contribution is -0.141. The van der Waals surface area contributed by atoms with Gasteiger partial charge in [0.25, 0.3) is 0 Å². The second kappa shape index (κ2) is 7.76. The Bertz CT molecular complexity index is 1100. The fourth-order valence-electron chi connectivity index (χ4n) is 3.22. The number of hydrogen-bond donors (Lipinski definition) is 1. The lowest BCUT2D eigenvalue weighted by Crippen LogP contribution is -2.07. The zero-order valence-electron chi connectivity index (χ0n) is 15.1. The first kappa shape index (κ1) is 19.9. The fourth-order valence-corrected chi connectivity index (χ4v) is 3.72. The van der Waals surface area contributed by atoms with Gasteiger partial charge in [-0.2, -0.15) is 30.9 Å². The Kier molecular flexibility index (Phi) is 5.32. The van der Waals surface area contributed by atoms with Gasteiger partial charge in [0.15, 0.2) is 5.69 Å². The van der Waals surface area contributed by atoms with E-state index in [1.54, 1.807) is 36.4 Å². The maximum absolute atomic E-state index is 13.3. The molecular weight excluding hydrogens is 417 g/mol. The molecule has 1 aromatic heterocycles. The summed E-state index contributed by atoms with van der Waals surface area (Å²) in [5.74, 6) is 0. The van der Waals surface area contributed by atoms with Crippen LogP contribution in [-0.2, 0) is 6.18 Å². The van der Waals surface area contributed by atoms with Crippen molar-refractivity contribution >= 4 is 29.8 Å². The van der Waals surface area contributed by atoms with Crippen molar-refractivity contribution in [2.45, 2.75) is 17.8 Å². The lowest BCUT2D eigenvalue weighted by atomic mass is 9.98. The zero-order valence-corrected chi connectivity index (χ0v) is 16.7. The van der Waals surface area contributed by atoms with E-state index in [-0.39, 0.29) is 5.25 Å². The maximum atomic E-state index is 13.3. The average Bonchev–Trinajstić information content (AvgIpc) is 3.14. The molecule has 3 aromatic rings. The summed E-state index contributed by atoms with van der Waals surface area (Å²) >= 11 is 10.7. The van der Waals surface area contributed by atoms with Gasteiger partial charge in [-0.25, -0.2) is 4.68 Å². The van der Waals surface area contributed by atoms with Gasteiger partial charge in [-0.1, -0.05) is 66.2 Å². The molecular formula is C22H16ClF3N2S. The molecule has 2 aromatic carbocycles. The highest BCUT2D eigenvalue weighted by molar-refractivity contribution is 7.81. The summed E-state index contributed by atoms with van der Waals surface area (Å²) in [4.78, 5) is 0. The first-order valence-corrected chi connectivity index (χ1v) is 9.82. The minimum Gasteiger partial charge on any atom is -0.231 e.